The molecular weight excluding hydrogens is 392 g/mol. The number of benzene rings is 2. The zero-order valence-electron chi connectivity index (χ0n) is 16.0. The first kappa shape index (κ1) is 19.1. The van der Waals surface area contributed by atoms with Crippen LogP contribution in [0.2, 0.25) is 5.02 Å². The number of nitrogens with zero attached hydrogens (tertiary/aromatic N) is 6. The van der Waals surface area contributed by atoms with Gasteiger partial charge in [-0.15, -0.1) is 15.3 Å². The van der Waals surface area contributed by atoms with Crippen LogP contribution in [-0.4, -0.2) is 42.0 Å². The molecule has 2 aromatic carbocycles. The van der Waals surface area contributed by atoms with Crippen molar-refractivity contribution in [1.29, 1.82) is 0 Å². The zero-order chi connectivity index (χ0) is 20.4. The second-order valence-electron chi connectivity index (χ2n) is 6.83. The van der Waals surface area contributed by atoms with Crippen LogP contribution in [0.15, 0.2) is 52.9 Å². The lowest BCUT2D eigenvalue weighted by molar-refractivity contribution is -0.134. The number of fused-ring (bicyclic) bond motifs is 1. The van der Waals surface area contributed by atoms with Gasteiger partial charge in [0.05, 0.1) is 22.6 Å². The van der Waals surface area contributed by atoms with E-state index in [9.17, 15) is 4.79 Å². The maximum absolute atomic E-state index is 13.0. The van der Waals surface area contributed by atoms with Gasteiger partial charge in [-0.1, -0.05) is 41.1 Å². The van der Waals surface area contributed by atoms with E-state index in [2.05, 4.69) is 20.5 Å². The van der Waals surface area contributed by atoms with Crippen molar-refractivity contribution in [3.05, 3.63) is 59.4 Å². The van der Waals surface area contributed by atoms with Crippen LogP contribution in [0, 0.1) is 0 Å². The first-order valence-electron chi connectivity index (χ1n) is 9.18. The van der Waals surface area contributed by atoms with Crippen molar-refractivity contribution < 1.29 is 9.21 Å². The van der Waals surface area contributed by atoms with Crippen LogP contribution >= 0.6 is 11.6 Å². The molecule has 0 atom stereocenters. The zero-order valence-corrected chi connectivity index (χ0v) is 16.7. The van der Waals surface area contributed by atoms with Gasteiger partial charge in [-0.05, 0) is 38.1 Å². The average molecular weight is 411 g/mol. The first-order valence-corrected chi connectivity index (χ1v) is 9.55. The second kappa shape index (κ2) is 8.00. The highest BCUT2D eigenvalue weighted by molar-refractivity contribution is 6.33. The Morgan fingerprint density at radius 1 is 1.10 bits per heavy atom. The lowest BCUT2D eigenvalue weighted by Crippen LogP contribution is -2.38. The minimum atomic E-state index is -0.117. The number of rotatable bonds is 6. The molecule has 0 bridgehead atoms. The summed E-state index contributed by atoms with van der Waals surface area (Å²) in [6.07, 6.45) is 0. The van der Waals surface area contributed by atoms with E-state index in [-0.39, 0.29) is 25.0 Å². The van der Waals surface area contributed by atoms with Crippen LogP contribution in [0.25, 0.3) is 22.5 Å². The summed E-state index contributed by atoms with van der Waals surface area (Å²) in [6, 6.07) is 14.7. The van der Waals surface area contributed by atoms with Gasteiger partial charge in [-0.3, -0.25) is 4.79 Å². The monoisotopic (exact) mass is 410 g/mol. The average Bonchev–Trinajstić information content (AvgIpc) is 3.34. The summed E-state index contributed by atoms with van der Waals surface area (Å²) in [5, 5.41) is 16.9. The Hall–Kier alpha value is -3.26. The molecule has 9 heteroatoms. The fourth-order valence-electron chi connectivity index (χ4n) is 3.02. The topological polar surface area (TPSA) is 89.9 Å². The van der Waals surface area contributed by atoms with E-state index in [1.807, 2.05) is 50.2 Å². The van der Waals surface area contributed by atoms with Crippen molar-refractivity contribution in [2.75, 3.05) is 0 Å². The van der Waals surface area contributed by atoms with Gasteiger partial charge in [-0.25, -0.2) is 4.68 Å². The first-order chi connectivity index (χ1) is 14.0. The van der Waals surface area contributed by atoms with Crippen molar-refractivity contribution in [2.45, 2.75) is 33.0 Å². The number of carbonyl (C=O) groups excluding carboxylic acids is 1. The lowest BCUT2D eigenvalue weighted by Gasteiger charge is -2.25. The van der Waals surface area contributed by atoms with Crippen molar-refractivity contribution in [2.24, 2.45) is 0 Å². The summed E-state index contributed by atoms with van der Waals surface area (Å²) in [6.45, 7) is 4.14. The number of para-hydroxylation sites is 1. The standard InChI is InChI=1S/C20H19ClN6O2/c1-13(2)26(19(28)12-27-17-10-6-5-9-16(17)22-25-27)11-18-23-24-20(29-18)14-7-3-4-8-15(14)21/h3-10,13H,11-12H2,1-2H3. The highest BCUT2D eigenvalue weighted by Gasteiger charge is 2.22. The fourth-order valence-corrected chi connectivity index (χ4v) is 3.24. The molecule has 0 radical (unpaired) electrons. The Balaban J connectivity index is 1.52. The highest BCUT2D eigenvalue weighted by Crippen LogP contribution is 2.26. The van der Waals surface area contributed by atoms with E-state index >= 15 is 0 Å². The Morgan fingerprint density at radius 3 is 2.66 bits per heavy atom. The summed E-state index contributed by atoms with van der Waals surface area (Å²) >= 11 is 6.19. The van der Waals surface area contributed by atoms with Crippen molar-refractivity contribution in [3.63, 3.8) is 0 Å². The quantitative estimate of drug-likeness (QED) is 0.482. The molecule has 8 nitrogen and oxygen atoms in total. The Morgan fingerprint density at radius 2 is 1.86 bits per heavy atom. The molecule has 4 rings (SSSR count). The van der Waals surface area contributed by atoms with Crippen LogP contribution < -0.4 is 0 Å². The molecule has 0 aliphatic heterocycles. The van der Waals surface area contributed by atoms with Gasteiger partial charge in [0, 0.05) is 6.04 Å². The molecule has 2 aromatic heterocycles. The molecule has 4 aromatic rings. The summed E-state index contributed by atoms with van der Waals surface area (Å²) in [5.74, 6) is 0.544. The lowest BCUT2D eigenvalue weighted by atomic mass is 10.2. The summed E-state index contributed by atoms with van der Waals surface area (Å²) < 4.78 is 7.34. The van der Waals surface area contributed by atoms with E-state index in [1.165, 1.54) is 0 Å². The van der Waals surface area contributed by atoms with Crippen molar-refractivity contribution >= 4 is 28.5 Å². The number of aromatic nitrogens is 5. The third-order valence-corrected chi connectivity index (χ3v) is 4.86. The molecule has 1 amide bonds. The molecule has 0 aliphatic rings. The van der Waals surface area contributed by atoms with Gasteiger partial charge >= 0.3 is 0 Å². The minimum Gasteiger partial charge on any atom is -0.419 e. The van der Waals surface area contributed by atoms with E-state index in [4.69, 9.17) is 16.0 Å². The van der Waals surface area contributed by atoms with E-state index in [0.29, 0.717) is 22.4 Å². The third kappa shape index (κ3) is 3.97. The fraction of sp³-hybridized carbons (Fsp3) is 0.250. The molecule has 0 unspecified atom stereocenters. The van der Waals surface area contributed by atoms with Crippen LogP contribution in [0.3, 0.4) is 0 Å². The van der Waals surface area contributed by atoms with Crippen LogP contribution in [0.4, 0.5) is 0 Å². The SMILES string of the molecule is CC(C)N(Cc1nnc(-c2ccccc2Cl)o1)C(=O)Cn1nnc2ccccc21. The Kier molecular flexibility index (Phi) is 5.26. The summed E-state index contributed by atoms with van der Waals surface area (Å²) in [7, 11) is 0. The molecule has 2 heterocycles. The van der Waals surface area contributed by atoms with Crippen LogP contribution in [-0.2, 0) is 17.9 Å². The number of carbonyl (C=O) groups is 1. The maximum Gasteiger partial charge on any atom is 0.249 e. The number of hydrogen-bond donors (Lipinski definition) is 0. The largest absolute Gasteiger partial charge is 0.419 e. The smallest absolute Gasteiger partial charge is 0.249 e. The summed E-state index contributed by atoms with van der Waals surface area (Å²) in [4.78, 5) is 14.6. The summed E-state index contributed by atoms with van der Waals surface area (Å²) in [5.41, 5.74) is 2.21. The highest BCUT2D eigenvalue weighted by atomic mass is 35.5. The minimum absolute atomic E-state index is 0.0621. The molecule has 0 N–H and O–H groups in total. The number of halogens is 1. The van der Waals surface area contributed by atoms with Gasteiger partial charge in [-0.2, -0.15) is 0 Å². The molecule has 148 valence electrons. The van der Waals surface area contributed by atoms with Gasteiger partial charge in [0.25, 0.3) is 0 Å². The molecule has 0 saturated carbocycles. The van der Waals surface area contributed by atoms with Crippen molar-refractivity contribution in [3.8, 4) is 11.5 Å². The predicted octanol–water partition coefficient (Wildman–Crippen LogP) is 3.57. The van der Waals surface area contributed by atoms with E-state index < -0.39 is 0 Å². The number of hydrogen-bond acceptors (Lipinski definition) is 6. The second-order valence-corrected chi connectivity index (χ2v) is 7.24. The molecular formula is C20H19ClN6O2. The van der Waals surface area contributed by atoms with Crippen LogP contribution in [0.5, 0.6) is 0 Å². The van der Waals surface area contributed by atoms with E-state index in [1.54, 1.807) is 21.7 Å². The molecule has 29 heavy (non-hydrogen) atoms. The van der Waals surface area contributed by atoms with Gasteiger partial charge < -0.3 is 9.32 Å². The van der Waals surface area contributed by atoms with Crippen LogP contribution in [0.1, 0.15) is 19.7 Å². The third-order valence-electron chi connectivity index (χ3n) is 4.53. The Labute approximate surface area is 172 Å². The molecule has 0 saturated heterocycles. The number of amides is 1. The predicted molar refractivity (Wildman–Crippen MR) is 108 cm³/mol. The molecule has 0 fully saturated rings. The molecule has 0 spiro atoms. The van der Waals surface area contributed by atoms with E-state index in [0.717, 1.165) is 11.0 Å². The Bertz CT molecular complexity index is 1150. The van der Waals surface area contributed by atoms with Gasteiger partial charge in [0.15, 0.2) is 0 Å². The molecule has 0 aliphatic carbocycles. The van der Waals surface area contributed by atoms with Crippen molar-refractivity contribution in [1.82, 2.24) is 30.1 Å². The maximum atomic E-state index is 13.0. The normalized spacial score (nSPS) is 11.3. The van der Waals surface area contributed by atoms with Gasteiger partial charge in [0.1, 0.15) is 12.1 Å². The van der Waals surface area contributed by atoms with Gasteiger partial charge in [0.2, 0.25) is 17.7 Å².